The average Bonchev–Trinajstić information content (AvgIpc) is 3.14. The first-order valence-corrected chi connectivity index (χ1v) is 11.0. The molecule has 0 aliphatic carbocycles. The van der Waals surface area contributed by atoms with E-state index in [9.17, 15) is 4.79 Å². The third kappa shape index (κ3) is 5.86. The lowest BCUT2D eigenvalue weighted by molar-refractivity contribution is -0.113. The number of nitrogens with zero attached hydrogens (tertiary/aromatic N) is 2. The van der Waals surface area contributed by atoms with Crippen LogP contribution in [0.3, 0.4) is 0 Å². The third-order valence-corrected chi connectivity index (χ3v) is 6.83. The van der Waals surface area contributed by atoms with Crippen molar-refractivity contribution in [3.63, 3.8) is 0 Å². The van der Waals surface area contributed by atoms with Crippen LogP contribution in [0, 0.1) is 0 Å². The summed E-state index contributed by atoms with van der Waals surface area (Å²) in [5, 5.41) is 11.3. The zero-order chi connectivity index (χ0) is 18.2. The summed E-state index contributed by atoms with van der Waals surface area (Å²) in [5.74, 6) is 1.16. The van der Waals surface area contributed by atoms with Crippen molar-refractivity contribution in [2.24, 2.45) is 0 Å². The molecular weight excluding hydrogens is 382 g/mol. The zero-order valence-corrected chi connectivity index (χ0v) is 16.8. The van der Waals surface area contributed by atoms with Gasteiger partial charge in [-0.3, -0.25) is 4.79 Å². The van der Waals surface area contributed by atoms with Gasteiger partial charge < -0.3 is 5.32 Å². The van der Waals surface area contributed by atoms with Crippen LogP contribution >= 0.6 is 34.9 Å². The van der Waals surface area contributed by atoms with E-state index in [0.717, 1.165) is 26.5 Å². The molecule has 26 heavy (non-hydrogen) atoms. The number of hydrogen-bond acceptors (Lipinski definition) is 6. The van der Waals surface area contributed by atoms with Crippen LogP contribution < -0.4 is 5.32 Å². The van der Waals surface area contributed by atoms with Gasteiger partial charge in [0, 0.05) is 11.4 Å². The molecule has 0 saturated heterocycles. The molecule has 1 aromatic heterocycles. The van der Waals surface area contributed by atoms with E-state index in [1.165, 1.54) is 34.2 Å². The van der Waals surface area contributed by atoms with Gasteiger partial charge in [0.1, 0.15) is 0 Å². The second kappa shape index (κ2) is 9.75. The lowest BCUT2D eigenvalue weighted by Crippen LogP contribution is -2.13. The number of carbonyl (C=O) groups is 1. The first-order chi connectivity index (χ1) is 12.7. The highest BCUT2D eigenvalue weighted by Gasteiger charge is 2.09. The molecule has 0 bridgehead atoms. The summed E-state index contributed by atoms with van der Waals surface area (Å²) in [6, 6.07) is 18.2. The second-order valence-corrected chi connectivity index (χ2v) is 8.92. The van der Waals surface area contributed by atoms with Crippen LogP contribution in [0.4, 0.5) is 5.69 Å². The van der Waals surface area contributed by atoms with E-state index in [0.29, 0.717) is 5.75 Å². The summed E-state index contributed by atoms with van der Waals surface area (Å²) >= 11 is 4.61. The van der Waals surface area contributed by atoms with E-state index in [1.807, 2.05) is 42.5 Å². The molecule has 1 amide bonds. The smallest absolute Gasteiger partial charge is 0.234 e. The number of carbonyl (C=O) groups excluding carboxylic acids is 1. The van der Waals surface area contributed by atoms with Gasteiger partial charge in [-0.1, -0.05) is 84.2 Å². The van der Waals surface area contributed by atoms with Gasteiger partial charge in [-0.2, -0.15) is 0 Å². The lowest BCUT2D eigenvalue weighted by Gasteiger charge is -2.05. The molecule has 2 aromatic carbocycles. The quantitative estimate of drug-likeness (QED) is 0.531. The Kier molecular flexibility index (Phi) is 7.11. The molecule has 0 unspecified atom stereocenters. The number of benzene rings is 2. The monoisotopic (exact) mass is 401 g/mol. The predicted molar refractivity (Wildman–Crippen MR) is 111 cm³/mol. The van der Waals surface area contributed by atoms with Gasteiger partial charge in [0.25, 0.3) is 0 Å². The first-order valence-electron chi connectivity index (χ1n) is 8.25. The molecule has 0 fully saturated rings. The molecule has 7 heteroatoms. The van der Waals surface area contributed by atoms with Crippen LogP contribution in [0.1, 0.15) is 18.1 Å². The molecule has 1 heterocycles. The molecule has 0 atom stereocenters. The zero-order valence-electron chi connectivity index (χ0n) is 14.3. The minimum atomic E-state index is -0.0343. The Labute approximate surface area is 165 Å². The number of amides is 1. The van der Waals surface area contributed by atoms with Crippen molar-refractivity contribution in [3.05, 3.63) is 65.7 Å². The van der Waals surface area contributed by atoms with Crippen LogP contribution in [0.15, 0.2) is 63.3 Å². The molecule has 1 N–H and O–H groups in total. The fraction of sp³-hybridized carbons (Fsp3) is 0.211. The number of nitrogens with one attached hydrogen (secondary N) is 1. The molecule has 134 valence electrons. The lowest BCUT2D eigenvalue weighted by atomic mass is 10.1. The molecular formula is C19H19N3OS3. The summed E-state index contributed by atoms with van der Waals surface area (Å²) in [6.45, 7) is 2.11. The molecule has 0 spiro atoms. The van der Waals surface area contributed by atoms with Crippen LogP contribution in [-0.4, -0.2) is 21.9 Å². The molecule has 0 aliphatic heterocycles. The predicted octanol–water partition coefficient (Wildman–Crippen LogP) is 5.12. The van der Waals surface area contributed by atoms with Crippen molar-refractivity contribution in [2.75, 3.05) is 11.1 Å². The van der Waals surface area contributed by atoms with Crippen LogP contribution in [-0.2, 0) is 17.0 Å². The first kappa shape index (κ1) is 18.9. The van der Waals surface area contributed by atoms with Gasteiger partial charge in [0.2, 0.25) is 5.91 Å². The largest absolute Gasteiger partial charge is 0.325 e. The number of hydrogen-bond donors (Lipinski definition) is 1. The minimum Gasteiger partial charge on any atom is -0.325 e. The number of thioether (sulfide) groups is 2. The second-order valence-electron chi connectivity index (χ2n) is 5.50. The van der Waals surface area contributed by atoms with Crippen LogP contribution in [0.25, 0.3) is 0 Å². The Morgan fingerprint density at radius 3 is 2.35 bits per heavy atom. The van der Waals surface area contributed by atoms with E-state index in [1.54, 1.807) is 11.8 Å². The fourth-order valence-electron chi connectivity index (χ4n) is 2.18. The summed E-state index contributed by atoms with van der Waals surface area (Å²) in [4.78, 5) is 12.1. The van der Waals surface area contributed by atoms with Crippen molar-refractivity contribution in [1.29, 1.82) is 0 Å². The highest BCUT2D eigenvalue weighted by molar-refractivity contribution is 8.03. The summed E-state index contributed by atoms with van der Waals surface area (Å²) in [7, 11) is 0. The van der Waals surface area contributed by atoms with E-state index in [-0.39, 0.29) is 5.91 Å². The number of rotatable bonds is 8. The van der Waals surface area contributed by atoms with Crippen molar-refractivity contribution in [2.45, 2.75) is 27.8 Å². The highest BCUT2D eigenvalue weighted by Crippen LogP contribution is 2.30. The fourth-order valence-corrected chi connectivity index (χ4v) is 4.96. The number of aromatic nitrogens is 2. The Morgan fingerprint density at radius 1 is 0.962 bits per heavy atom. The molecule has 0 saturated carbocycles. The average molecular weight is 402 g/mol. The SMILES string of the molecule is CCc1ccc(NC(=O)CSc2nnc(SCc3ccccc3)s2)cc1. The van der Waals surface area contributed by atoms with Gasteiger partial charge in [-0.15, -0.1) is 10.2 Å². The normalized spacial score (nSPS) is 10.7. The van der Waals surface area contributed by atoms with Gasteiger partial charge in [0.15, 0.2) is 8.68 Å². The Morgan fingerprint density at radius 2 is 1.65 bits per heavy atom. The van der Waals surface area contributed by atoms with Gasteiger partial charge in [-0.05, 0) is 29.7 Å². The van der Waals surface area contributed by atoms with Crippen LogP contribution in [0.2, 0.25) is 0 Å². The molecule has 3 aromatic rings. The van der Waals surface area contributed by atoms with Crippen molar-refractivity contribution in [3.8, 4) is 0 Å². The molecule has 4 nitrogen and oxygen atoms in total. The Balaban J connectivity index is 1.44. The van der Waals surface area contributed by atoms with Crippen molar-refractivity contribution in [1.82, 2.24) is 10.2 Å². The highest BCUT2D eigenvalue weighted by atomic mass is 32.2. The van der Waals surface area contributed by atoms with Gasteiger partial charge in [0.05, 0.1) is 5.75 Å². The minimum absolute atomic E-state index is 0.0343. The van der Waals surface area contributed by atoms with Crippen molar-refractivity contribution >= 4 is 46.5 Å². The summed E-state index contributed by atoms with van der Waals surface area (Å²) in [6.07, 6.45) is 0.992. The third-order valence-electron chi connectivity index (χ3n) is 3.57. The van der Waals surface area contributed by atoms with E-state index < -0.39 is 0 Å². The van der Waals surface area contributed by atoms with E-state index in [4.69, 9.17) is 0 Å². The topological polar surface area (TPSA) is 54.9 Å². The standard InChI is InChI=1S/C19H19N3OS3/c1-2-14-8-10-16(11-9-14)20-17(23)13-25-19-22-21-18(26-19)24-12-15-6-4-3-5-7-15/h3-11H,2,12-13H2,1H3,(H,20,23). The van der Waals surface area contributed by atoms with E-state index >= 15 is 0 Å². The molecule has 0 radical (unpaired) electrons. The maximum absolute atomic E-state index is 12.1. The maximum atomic E-state index is 12.1. The Hall–Kier alpha value is -1.83. The number of aryl methyl sites for hydroxylation is 1. The molecule has 3 rings (SSSR count). The summed E-state index contributed by atoms with van der Waals surface area (Å²) < 4.78 is 1.74. The van der Waals surface area contributed by atoms with Crippen LogP contribution in [0.5, 0.6) is 0 Å². The van der Waals surface area contributed by atoms with Gasteiger partial charge in [-0.25, -0.2) is 0 Å². The Bertz CT molecular complexity index is 835. The summed E-state index contributed by atoms with van der Waals surface area (Å²) in [5.41, 5.74) is 3.34. The van der Waals surface area contributed by atoms with Crippen molar-refractivity contribution < 1.29 is 4.79 Å². The van der Waals surface area contributed by atoms with Gasteiger partial charge >= 0.3 is 0 Å². The molecule has 0 aliphatic rings. The maximum Gasteiger partial charge on any atom is 0.234 e. The number of anilines is 1. The van der Waals surface area contributed by atoms with E-state index in [2.05, 4.69) is 34.6 Å².